The predicted octanol–water partition coefficient (Wildman–Crippen LogP) is 3.97. The van der Waals surface area contributed by atoms with E-state index in [1.165, 1.54) is 12.3 Å². The molecule has 0 aliphatic carbocycles. The Bertz CT molecular complexity index is 1290. The summed E-state index contributed by atoms with van der Waals surface area (Å²) in [5.41, 5.74) is 0.147. The van der Waals surface area contributed by atoms with Crippen LogP contribution in [0, 0.1) is 11.6 Å². The van der Waals surface area contributed by atoms with Gasteiger partial charge in [0.2, 0.25) is 0 Å². The summed E-state index contributed by atoms with van der Waals surface area (Å²) in [4.78, 5) is 35.2. The van der Waals surface area contributed by atoms with Gasteiger partial charge in [0.05, 0.1) is 12.1 Å². The van der Waals surface area contributed by atoms with Crippen LogP contribution in [0.5, 0.6) is 0 Å². The second-order valence-electron chi connectivity index (χ2n) is 6.89. The van der Waals surface area contributed by atoms with Crippen LogP contribution in [0.2, 0.25) is 5.02 Å². The summed E-state index contributed by atoms with van der Waals surface area (Å²) in [5, 5.41) is 18.3. The van der Waals surface area contributed by atoms with E-state index in [4.69, 9.17) is 16.7 Å². The van der Waals surface area contributed by atoms with Crippen LogP contribution in [0.25, 0.3) is 5.76 Å². The van der Waals surface area contributed by atoms with E-state index in [2.05, 4.69) is 0 Å². The highest BCUT2D eigenvalue weighted by molar-refractivity contribution is 6.38. The third-order valence-electron chi connectivity index (χ3n) is 4.60. The Morgan fingerprint density at radius 1 is 1.03 bits per heavy atom. The number of hydrogen-bond donors (Lipinski definition) is 2. The van der Waals surface area contributed by atoms with E-state index >= 15 is 0 Å². The van der Waals surface area contributed by atoms with Gasteiger partial charge in [-0.15, -0.1) is 0 Å². The van der Waals surface area contributed by atoms with Crippen LogP contribution in [0.15, 0.2) is 65.6 Å². The molecule has 0 atom stereocenters. The molecule has 3 rings (SSSR count). The lowest BCUT2D eigenvalue weighted by Crippen LogP contribution is -2.25. The minimum atomic E-state index is -1.81. The third kappa shape index (κ3) is 5.09. The summed E-state index contributed by atoms with van der Waals surface area (Å²) >= 11 is 5.62. The Hall–Kier alpha value is -3.78. The van der Waals surface area contributed by atoms with Crippen LogP contribution < -0.4 is 5.56 Å². The maximum Gasteiger partial charge on any atom is 0.376 e. The third-order valence-corrected chi connectivity index (χ3v) is 4.95. The second kappa shape index (κ2) is 9.57. The van der Waals surface area contributed by atoms with Crippen molar-refractivity contribution in [2.75, 3.05) is 0 Å². The smallest absolute Gasteiger partial charge is 0.376 e. The van der Waals surface area contributed by atoms with Crippen molar-refractivity contribution < 1.29 is 28.6 Å². The molecule has 0 saturated carbocycles. The highest BCUT2D eigenvalue weighted by Crippen LogP contribution is 2.23. The number of aliphatic hydroxyl groups excluding tert-OH is 1. The summed E-state index contributed by atoms with van der Waals surface area (Å²) in [6, 6.07) is 12.5. The van der Waals surface area contributed by atoms with Crippen molar-refractivity contribution >= 4 is 29.1 Å². The molecule has 9 heteroatoms. The van der Waals surface area contributed by atoms with E-state index < -0.39 is 39.7 Å². The van der Waals surface area contributed by atoms with Crippen LogP contribution in [0.1, 0.15) is 22.3 Å². The summed E-state index contributed by atoms with van der Waals surface area (Å²) in [6.07, 6.45) is 2.17. The molecular formula is C23H16ClF2NO5. The number of carboxylic acids is 1. The van der Waals surface area contributed by atoms with Gasteiger partial charge < -0.3 is 14.8 Å². The lowest BCUT2D eigenvalue weighted by atomic mass is 10.0. The van der Waals surface area contributed by atoms with E-state index in [0.29, 0.717) is 18.1 Å². The first-order valence-corrected chi connectivity index (χ1v) is 9.63. The molecule has 0 fully saturated rings. The number of carbonyl (C=O) groups is 2. The van der Waals surface area contributed by atoms with E-state index in [0.717, 1.165) is 22.3 Å². The first kappa shape index (κ1) is 22.9. The molecule has 3 aromatic rings. The number of benzene rings is 2. The van der Waals surface area contributed by atoms with E-state index in [1.54, 1.807) is 0 Å². The Kier molecular flexibility index (Phi) is 6.85. The number of aliphatic hydroxyl groups is 1. The summed E-state index contributed by atoms with van der Waals surface area (Å²) in [7, 11) is 0. The fraction of sp³-hybridized carbons (Fsp3) is 0.0870. The van der Waals surface area contributed by atoms with Gasteiger partial charge in [0.15, 0.2) is 0 Å². The van der Waals surface area contributed by atoms with Crippen molar-refractivity contribution in [1.29, 1.82) is 0 Å². The summed E-state index contributed by atoms with van der Waals surface area (Å²) in [5.74, 6) is -6.05. The van der Waals surface area contributed by atoms with Crippen molar-refractivity contribution in [3.05, 3.63) is 110 Å². The Labute approximate surface area is 185 Å². The van der Waals surface area contributed by atoms with Crippen LogP contribution in [0.3, 0.4) is 0 Å². The molecule has 1 heterocycles. The quantitative estimate of drug-likeness (QED) is 0.241. The number of aromatic nitrogens is 1. The number of carbonyl (C=O) groups excluding carboxylic acids is 1. The van der Waals surface area contributed by atoms with Gasteiger partial charge in [0.1, 0.15) is 22.4 Å². The molecule has 0 spiro atoms. The average Bonchev–Trinajstić information content (AvgIpc) is 2.76. The molecular weight excluding hydrogens is 444 g/mol. The molecule has 0 bridgehead atoms. The number of aliphatic carboxylic acids is 1. The maximum atomic E-state index is 14.4. The van der Waals surface area contributed by atoms with Crippen molar-refractivity contribution in [2.24, 2.45) is 0 Å². The van der Waals surface area contributed by atoms with Crippen LogP contribution >= 0.6 is 11.6 Å². The monoisotopic (exact) mass is 459 g/mol. The molecule has 0 amide bonds. The molecule has 0 aliphatic rings. The minimum absolute atomic E-state index is 0.0774. The first-order valence-electron chi connectivity index (χ1n) is 9.25. The van der Waals surface area contributed by atoms with Gasteiger partial charge in [-0.25, -0.2) is 13.6 Å². The van der Waals surface area contributed by atoms with Crippen molar-refractivity contribution in [2.45, 2.75) is 13.0 Å². The number of ketones is 1. The largest absolute Gasteiger partial charge is 0.507 e. The van der Waals surface area contributed by atoms with Gasteiger partial charge in [-0.3, -0.25) is 9.59 Å². The lowest BCUT2D eigenvalue weighted by molar-refractivity contribution is -0.146. The van der Waals surface area contributed by atoms with Gasteiger partial charge in [-0.2, -0.15) is 0 Å². The summed E-state index contributed by atoms with van der Waals surface area (Å²) < 4.78 is 28.9. The van der Waals surface area contributed by atoms with Crippen LogP contribution in [-0.2, 0) is 22.6 Å². The van der Waals surface area contributed by atoms with E-state index in [1.807, 2.05) is 30.3 Å². The lowest BCUT2D eigenvalue weighted by Gasteiger charge is -2.13. The van der Waals surface area contributed by atoms with E-state index in [9.17, 15) is 28.3 Å². The fourth-order valence-corrected chi connectivity index (χ4v) is 3.25. The number of rotatable bonds is 7. The molecule has 2 N–H and O–H groups in total. The number of halogens is 3. The SMILES string of the molecule is O=C(O)C(=O)C=C(O)c1cc(Cc2ccccc2)cn(Cc2ccc(F)c(Cl)c2F)c1=O. The number of carboxylic acid groups (broad SMARTS) is 1. The van der Waals surface area contributed by atoms with Gasteiger partial charge in [-0.1, -0.05) is 48.0 Å². The molecule has 6 nitrogen and oxygen atoms in total. The molecule has 1 aromatic heterocycles. The standard InChI is InChI=1S/C23H16ClF2NO5/c24-20-17(25)7-6-15(21(20)26)12-27-11-14(8-13-4-2-1-3-5-13)9-16(22(27)30)18(28)10-19(29)23(31)32/h1-7,9-11,28H,8,12H2,(H,31,32). The molecule has 0 unspecified atom stereocenters. The van der Waals surface area contributed by atoms with Crippen molar-refractivity contribution in [3.8, 4) is 0 Å². The first-order chi connectivity index (χ1) is 15.2. The fourth-order valence-electron chi connectivity index (χ4n) is 3.06. The predicted molar refractivity (Wildman–Crippen MR) is 114 cm³/mol. The molecule has 2 aromatic carbocycles. The normalized spacial score (nSPS) is 11.4. The molecule has 32 heavy (non-hydrogen) atoms. The zero-order chi connectivity index (χ0) is 23.4. The Morgan fingerprint density at radius 2 is 1.72 bits per heavy atom. The van der Waals surface area contributed by atoms with Crippen molar-refractivity contribution in [1.82, 2.24) is 4.57 Å². The van der Waals surface area contributed by atoms with Crippen molar-refractivity contribution in [3.63, 3.8) is 0 Å². The zero-order valence-corrected chi connectivity index (χ0v) is 17.1. The average molecular weight is 460 g/mol. The second-order valence-corrected chi connectivity index (χ2v) is 7.27. The van der Waals surface area contributed by atoms with Crippen LogP contribution in [0.4, 0.5) is 8.78 Å². The highest BCUT2D eigenvalue weighted by atomic mass is 35.5. The molecule has 164 valence electrons. The maximum absolute atomic E-state index is 14.4. The number of nitrogens with zero attached hydrogens (tertiary/aromatic N) is 1. The molecule has 0 saturated heterocycles. The zero-order valence-electron chi connectivity index (χ0n) is 16.4. The van der Waals surface area contributed by atoms with Gasteiger partial charge >= 0.3 is 5.97 Å². The van der Waals surface area contributed by atoms with Crippen LogP contribution in [-0.4, -0.2) is 26.5 Å². The molecule has 0 radical (unpaired) electrons. The minimum Gasteiger partial charge on any atom is -0.507 e. The van der Waals surface area contributed by atoms with Gasteiger partial charge in [0, 0.05) is 17.8 Å². The number of hydrogen-bond acceptors (Lipinski definition) is 4. The topological polar surface area (TPSA) is 96.6 Å². The number of pyridine rings is 1. The Balaban J connectivity index is 2.12. The Morgan fingerprint density at radius 3 is 2.38 bits per heavy atom. The highest BCUT2D eigenvalue weighted by Gasteiger charge is 2.17. The van der Waals surface area contributed by atoms with Gasteiger partial charge in [-0.05, 0) is 29.7 Å². The van der Waals surface area contributed by atoms with E-state index in [-0.39, 0.29) is 17.7 Å². The van der Waals surface area contributed by atoms with Gasteiger partial charge in [0.25, 0.3) is 11.3 Å². The summed E-state index contributed by atoms with van der Waals surface area (Å²) in [6.45, 7) is -0.347. The molecule has 0 aliphatic heterocycles.